The van der Waals surface area contributed by atoms with Gasteiger partial charge < -0.3 is 4.90 Å². The SMILES string of the molecule is CC(C)CCN1CCC(C(C)C)CC1C. The molecule has 90 valence electrons. The van der Waals surface area contributed by atoms with Crippen molar-refractivity contribution >= 4 is 0 Å². The second kappa shape index (κ2) is 5.89. The molecule has 0 radical (unpaired) electrons. The molecule has 0 aliphatic carbocycles. The maximum absolute atomic E-state index is 2.69. The van der Waals surface area contributed by atoms with Gasteiger partial charge in [0.2, 0.25) is 0 Å². The topological polar surface area (TPSA) is 3.24 Å². The summed E-state index contributed by atoms with van der Waals surface area (Å²) in [6.07, 6.45) is 4.19. The Kier molecular flexibility index (Phi) is 5.11. The van der Waals surface area contributed by atoms with E-state index in [1.807, 2.05) is 0 Å². The summed E-state index contributed by atoms with van der Waals surface area (Å²) in [6, 6.07) is 0.810. The zero-order valence-corrected chi connectivity index (χ0v) is 11.3. The van der Waals surface area contributed by atoms with Crippen LogP contribution in [0.2, 0.25) is 0 Å². The van der Waals surface area contributed by atoms with E-state index >= 15 is 0 Å². The average molecular weight is 211 g/mol. The monoisotopic (exact) mass is 211 g/mol. The van der Waals surface area contributed by atoms with Crippen molar-refractivity contribution in [3.63, 3.8) is 0 Å². The van der Waals surface area contributed by atoms with Crippen molar-refractivity contribution in [2.24, 2.45) is 17.8 Å². The van der Waals surface area contributed by atoms with Gasteiger partial charge in [-0.15, -0.1) is 0 Å². The van der Waals surface area contributed by atoms with Gasteiger partial charge in [0.05, 0.1) is 0 Å². The molecule has 1 fully saturated rings. The Labute approximate surface area is 96.2 Å². The molecule has 1 nitrogen and oxygen atoms in total. The quantitative estimate of drug-likeness (QED) is 0.684. The third-order valence-electron chi connectivity index (χ3n) is 3.99. The van der Waals surface area contributed by atoms with Gasteiger partial charge in [0.15, 0.2) is 0 Å². The summed E-state index contributed by atoms with van der Waals surface area (Å²) in [6.45, 7) is 14.5. The molecule has 1 aliphatic rings. The molecule has 0 aromatic carbocycles. The summed E-state index contributed by atoms with van der Waals surface area (Å²) in [5.41, 5.74) is 0. The highest BCUT2D eigenvalue weighted by Crippen LogP contribution is 2.28. The van der Waals surface area contributed by atoms with Crippen molar-refractivity contribution in [2.45, 2.75) is 59.9 Å². The summed E-state index contributed by atoms with van der Waals surface area (Å²) in [5, 5.41) is 0. The van der Waals surface area contributed by atoms with Crippen molar-refractivity contribution in [3.05, 3.63) is 0 Å². The second-order valence-electron chi connectivity index (χ2n) is 6.10. The number of nitrogens with zero attached hydrogens (tertiary/aromatic N) is 1. The lowest BCUT2D eigenvalue weighted by molar-refractivity contribution is 0.0986. The summed E-state index contributed by atoms with van der Waals surface area (Å²) in [4.78, 5) is 2.69. The van der Waals surface area contributed by atoms with Crippen LogP contribution in [-0.2, 0) is 0 Å². The lowest BCUT2D eigenvalue weighted by Gasteiger charge is -2.39. The first-order valence-corrected chi connectivity index (χ1v) is 6.74. The van der Waals surface area contributed by atoms with Crippen molar-refractivity contribution in [3.8, 4) is 0 Å². The first-order chi connectivity index (χ1) is 7.00. The normalized spacial score (nSPS) is 29.0. The summed E-state index contributed by atoms with van der Waals surface area (Å²) in [5.74, 6) is 2.69. The fourth-order valence-electron chi connectivity index (χ4n) is 2.62. The fourth-order valence-corrected chi connectivity index (χ4v) is 2.62. The zero-order valence-electron chi connectivity index (χ0n) is 11.3. The molecule has 2 atom stereocenters. The van der Waals surface area contributed by atoms with Crippen molar-refractivity contribution < 1.29 is 0 Å². The molecule has 0 amide bonds. The fraction of sp³-hybridized carbons (Fsp3) is 1.00. The largest absolute Gasteiger partial charge is 0.301 e. The molecule has 0 saturated carbocycles. The van der Waals surface area contributed by atoms with Gasteiger partial charge in [0.1, 0.15) is 0 Å². The summed E-state index contributed by atoms with van der Waals surface area (Å²) in [7, 11) is 0. The standard InChI is InChI=1S/C14H29N/c1-11(2)6-8-15-9-7-14(12(3)4)10-13(15)5/h11-14H,6-10H2,1-5H3. The molecular formula is C14H29N. The molecular weight excluding hydrogens is 182 g/mol. The van der Waals surface area contributed by atoms with Gasteiger partial charge in [-0.1, -0.05) is 27.7 Å². The highest BCUT2D eigenvalue weighted by molar-refractivity contribution is 4.80. The second-order valence-corrected chi connectivity index (χ2v) is 6.10. The molecule has 0 N–H and O–H groups in total. The van der Waals surface area contributed by atoms with E-state index < -0.39 is 0 Å². The number of likely N-dealkylation sites (tertiary alicyclic amines) is 1. The highest BCUT2D eigenvalue weighted by atomic mass is 15.2. The van der Waals surface area contributed by atoms with Crippen LogP contribution in [-0.4, -0.2) is 24.0 Å². The third kappa shape index (κ3) is 4.14. The average Bonchev–Trinajstić information content (AvgIpc) is 2.15. The highest BCUT2D eigenvalue weighted by Gasteiger charge is 2.26. The number of hydrogen-bond donors (Lipinski definition) is 0. The van der Waals surface area contributed by atoms with Crippen LogP contribution in [0.15, 0.2) is 0 Å². The first-order valence-electron chi connectivity index (χ1n) is 6.74. The van der Waals surface area contributed by atoms with Gasteiger partial charge in [-0.25, -0.2) is 0 Å². The lowest BCUT2D eigenvalue weighted by Crippen LogP contribution is -2.42. The Morgan fingerprint density at radius 1 is 1.20 bits per heavy atom. The number of hydrogen-bond acceptors (Lipinski definition) is 1. The van der Waals surface area contributed by atoms with Gasteiger partial charge in [-0.3, -0.25) is 0 Å². The minimum Gasteiger partial charge on any atom is -0.301 e. The van der Waals surface area contributed by atoms with Crippen LogP contribution in [0.3, 0.4) is 0 Å². The van der Waals surface area contributed by atoms with E-state index in [4.69, 9.17) is 0 Å². The van der Waals surface area contributed by atoms with Gasteiger partial charge in [-0.05, 0) is 57.0 Å². The van der Waals surface area contributed by atoms with Crippen molar-refractivity contribution in [1.82, 2.24) is 4.90 Å². The van der Waals surface area contributed by atoms with Crippen LogP contribution in [0.1, 0.15) is 53.9 Å². The Bertz CT molecular complexity index is 174. The van der Waals surface area contributed by atoms with Gasteiger partial charge in [0.25, 0.3) is 0 Å². The summed E-state index contributed by atoms with van der Waals surface area (Å²) < 4.78 is 0. The first kappa shape index (κ1) is 13.0. The Hall–Kier alpha value is -0.0400. The number of piperidine rings is 1. The van der Waals surface area contributed by atoms with E-state index in [2.05, 4.69) is 39.5 Å². The molecule has 1 heteroatoms. The van der Waals surface area contributed by atoms with E-state index in [1.54, 1.807) is 0 Å². The van der Waals surface area contributed by atoms with Crippen LogP contribution in [0, 0.1) is 17.8 Å². The van der Waals surface area contributed by atoms with E-state index in [9.17, 15) is 0 Å². The van der Waals surface area contributed by atoms with Crippen LogP contribution >= 0.6 is 0 Å². The van der Waals surface area contributed by atoms with Crippen molar-refractivity contribution in [2.75, 3.05) is 13.1 Å². The predicted octanol–water partition coefficient (Wildman–Crippen LogP) is 3.79. The minimum atomic E-state index is 0.810. The van der Waals surface area contributed by atoms with E-state index in [0.29, 0.717) is 0 Å². The lowest BCUT2D eigenvalue weighted by atomic mass is 9.83. The van der Waals surface area contributed by atoms with Crippen LogP contribution in [0.4, 0.5) is 0 Å². The third-order valence-corrected chi connectivity index (χ3v) is 3.99. The van der Waals surface area contributed by atoms with Gasteiger partial charge in [0, 0.05) is 6.04 Å². The molecule has 0 spiro atoms. The van der Waals surface area contributed by atoms with Crippen LogP contribution < -0.4 is 0 Å². The maximum Gasteiger partial charge on any atom is 0.00696 e. The molecule has 0 aromatic rings. The van der Waals surface area contributed by atoms with Gasteiger partial charge in [-0.2, -0.15) is 0 Å². The molecule has 0 aromatic heterocycles. The molecule has 1 heterocycles. The minimum absolute atomic E-state index is 0.810. The van der Waals surface area contributed by atoms with Crippen LogP contribution in [0.5, 0.6) is 0 Å². The molecule has 0 bridgehead atoms. The Balaban J connectivity index is 2.32. The molecule has 15 heavy (non-hydrogen) atoms. The summed E-state index contributed by atoms with van der Waals surface area (Å²) >= 11 is 0. The van der Waals surface area contributed by atoms with E-state index in [0.717, 1.165) is 23.8 Å². The predicted molar refractivity (Wildman–Crippen MR) is 68.1 cm³/mol. The molecule has 1 saturated heterocycles. The Morgan fingerprint density at radius 2 is 1.87 bits per heavy atom. The van der Waals surface area contributed by atoms with Gasteiger partial charge >= 0.3 is 0 Å². The molecule has 1 rings (SSSR count). The Morgan fingerprint density at radius 3 is 2.33 bits per heavy atom. The van der Waals surface area contributed by atoms with Crippen LogP contribution in [0.25, 0.3) is 0 Å². The molecule has 2 unspecified atom stereocenters. The zero-order chi connectivity index (χ0) is 11.4. The number of rotatable bonds is 4. The smallest absolute Gasteiger partial charge is 0.00696 e. The van der Waals surface area contributed by atoms with Crippen molar-refractivity contribution in [1.29, 1.82) is 0 Å². The van der Waals surface area contributed by atoms with E-state index in [-0.39, 0.29) is 0 Å². The maximum atomic E-state index is 2.69. The molecule has 1 aliphatic heterocycles. The van der Waals surface area contributed by atoms with E-state index in [1.165, 1.54) is 32.4 Å².